The molecular formula is C16H15NO3. The number of nitro benzene ring substituents is 1. The fraction of sp³-hybridized carbons (Fsp3) is 0.125. The van der Waals surface area contributed by atoms with Crippen LogP contribution in [0, 0.1) is 10.1 Å². The zero-order chi connectivity index (χ0) is 14.5. The summed E-state index contributed by atoms with van der Waals surface area (Å²) in [6.45, 7) is 1.87. The Kier molecular flexibility index (Phi) is 4.15. The Labute approximate surface area is 117 Å². The zero-order valence-electron chi connectivity index (χ0n) is 11.4. The van der Waals surface area contributed by atoms with E-state index in [4.69, 9.17) is 4.74 Å². The van der Waals surface area contributed by atoms with Gasteiger partial charge in [-0.05, 0) is 36.3 Å². The largest absolute Gasteiger partial charge is 0.497 e. The number of rotatable bonds is 4. The van der Waals surface area contributed by atoms with E-state index in [1.54, 1.807) is 25.3 Å². The average Bonchev–Trinajstić information content (AvgIpc) is 2.48. The van der Waals surface area contributed by atoms with Gasteiger partial charge < -0.3 is 4.74 Å². The van der Waals surface area contributed by atoms with Gasteiger partial charge in [0, 0.05) is 6.07 Å². The topological polar surface area (TPSA) is 52.4 Å². The Hall–Kier alpha value is -2.62. The first kappa shape index (κ1) is 13.8. The molecule has 0 spiro atoms. The molecule has 0 fully saturated rings. The SMILES string of the molecule is COc1ccc(/C=C(\C)c2ccccc2[N+](=O)[O-])cc1. The normalized spacial score (nSPS) is 11.2. The van der Waals surface area contributed by atoms with Crippen molar-refractivity contribution in [2.75, 3.05) is 7.11 Å². The van der Waals surface area contributed by atoms with Gasteiger partial charge in [0.05, 0.1) is 17.6 Å². The van der Waals surface area contributed by atoms with Gasteiger partial charge in [-0.25, -0.2) is 0 Å². The maximum atomic E-state index is 11.0. The lowest BCUT2D eigenvalue weighted by molar-refractivity contribution is -0.385. The molecule has 0 aliphatic rings. The number of hydrogen-bond donors (Lipinski definition) is 0. The third-order valence-corrected chi connectivity index (χ3v) is 3.02. The molecule has 0 aliphatic carbocycles. The molecule has 20 heavy (non-hydrogen) atoms. The highest BCUT2D eigenvalue weighted by molar-refractivity contribution is 5.83. The number of methoxy groups -OCH3 is 1. The summed E-state index contributed by atoms with van der Waals surface area (Å²) in [6.07, 6.45) is 1.92. The highest BCUT2D eigenvalue weighted by Crippen LogP contribution is 2.27. The number of nitro groups is 1. The van der Waals surface area contributed by atoms with Crippen LogP contribution in [0.1, 0.15) is 18.1 Å². The summed E-state index contributed by atoms with van der Waals surface area (Å²) >= 11 is 0. The molecule has 102 valence electrons. The van der Waals surface area contributed by atoms with Crippen molar-refractivity contribution in [3.8, 4) is 5.75 Å². The number of benzene rings is 2. The van der Waals surface area contributed by atoms with Crippen LogP contribution in [0.4, 0.5) is 5.69 Å². The van der Waals surface area contributed by atoms with Crippen LogP contribution >= 0.6 is 0 Å². The van der Waals surface area contributed by atoms with Crippen molar-refractivity contribution >= 4 is 17.3 Å². The van der Waals surface area contributed by atoms with Gasteiger partial charge in [-0.3, -0.25) is 10.1 Å². The van der Waals surface area contributed by atoms with Gasteiger partial charge in [0.1, 0.15) is 5.75 Å². The van der Waals surface area contributed by atoms with Gasteiger partial charge in [-0.15, -0.1) is 0 Å². The summed E-state index contributed by atoms with van der Waals surface area (Å²) in [7, 11) is 1.61. The fourth-order valence-corrected chi connectivity index (χ4v) is 1.99. The van der Waals surface area contributed by atoms with E-state index >= 15 is 0 Å². The van der Waals surface area contributed by atoms with Crippen molar-refractivity contribution in [3.63, 3.8) is 0 Å². The van der Waals surface area contributed by atoms with Crippen molar-refractivity contribution < 1.29 is 9.66 Å². The van der Waals surface area contributed by atoms with Crippen LogP contribution in [-0.4, -0.2) is 12.0 Å². The molecule has 0 amide bonds. The first-order valence-electron chi connectivity index (χ1n) is 6.18. The predicted molar refractivity (Wildman–Crippen MR) is 79.6 cm³/mol. The van der Waals surface area contributed by atoms with Crippen molar-refractivity contribution in [1.29, 1.82) is 0 Å². The van der Waals surface area contributed by atoms with Crippen molar-refractivity contribution in [2.45, 2.75) is 6.92 Å². The first-order chi connectivity index (χ1) is 9.61. The van der Waals surface area contributed by atoms with E-state index in [1.807, 2.05) is 37.3 Å². The molecule has 4 heteroatoms. The minimum Gasteiger partial charge on any atom is -0.497 e. The Morgan fingerprint density at radius 1 is 1.15 bits per heavy atom. The van der Waals surface area contributed by atoms with Gasteiger partial charge >= 0.3 is 0 Å². The van der Waals surface area contributed by atoms with E-state index in [2.05, 4.69) is 0 Å². The molecule has 0 bridgehead atoms. The van der Waals surface area contributed by atoms with Crippen molar-refractivity contribution in [1.82, 2.24) is 0 Å². The molecule has 0 saturated heterocycles. The predicted octanol–water partition coefficient (Wildman–Crippen LogP) is 4.16. The number of para-hydroxylation sites is 1. The Morgan fingerprint density at radius 2 is 1.80 bits per heavy atom. The highest BCUT2D eigenvalue weighted by atomic mass is 16.6. The molecule has 2 aromatic carbocycles. The summed E-state index contributed by atoms with van der Waals surface area (Å²) in [5.41, 5.74) is 2.58. The quantitative estimate of drug-likeness (QED) is 0.475. The maximum absolute atomic E-state index is 11.0. The molecule has 0 aromatic heterocycles. The van der Waals surface area contributed by atoms with E-state index in [0.717, 1.165) is 16.9 Å². The van der Waals surface area contributed by atoms with E-state index in [1.165, 1.54) is 6.07 Å². The van der Waals surface area contributed by atoms with E-state index < -0.39 is 0 Å². The molecule has 0 N–H and O–H groups in total. The van der Waals surface area contributed by atoms with E-state index in [-0.39, 0.29) is 10.6 Å². The minimum atomic E-state index is -0.360. The molecule has 0 unspecified atom stereocenters. The standard InChI is InChI=1S/C16H15NO3/c1-12(11-13-7-9-14(20-2)10-8-13)15-5-3-4-6-16(15)17(18)19/h3-11H,1-2H3/b12-11+. The Morgan fingerprint density at radius 3 is 2.40 bits per heavy atom. The number of allylic oxidation sites excluding steroid dienone is 1. The van der Waals surface area contributed by atoms with Gasteiger partial charge in [0.15, 0.2) is 0 Å². The molecule has 0 aliphatic heterocycles. The Balaban J connectivity index is 2.37. The maximum Gasteiger partial charge on any atom is 0.276 e. The first-order valence-corrected chi connectivity index (χ1v) is 6.18. The third kappa shape index (κ3) is 3.03. The van der Waals surface area contributed by atoms with Gasteiger partial charge in [-0.2, -0.15) is 0 Å². The molecule has 0 saturated carbocycles. The van der Waals surface area contributed by atoms with Crippen LogP contribution in [0.15, 0.2) is 48.5 Å². The molecular weight excluding hydrogens is 254 g/mol. The Bertz CT molecular complexity index is 645. The summed E-state index contributed by atoms with van der Waals surface area (Å²) in [4.78, 5) is 10.7. The van der Waals surface area contributed by atoms with Gasteiger partial charge in [-0.1, -0.05) is 30.3 Å². The summed E-state index contributed by atoms with van der Waals surface area (Å²) in [6, 6.07) is 14.3. The smallest absolute Gasteiger partial charge is 0.276 e. The van der Waals surface area contributed by atoms with Crippen molar-refractivity contribution in [3.05, 3.63) is 69.8 Å². The third-order valence-electron chi connectivity index (χ3n) is 3.02. The van der Waals surface area contributed by atoms with Gasteiger partial charge in [0.25, 0.3) is 5.69 Å². The van der Waals surface area contributed by atoms with E-state index in [9.17, 15) is 10.1 Å². The second kappa shape index (κ2) is 6.02. The lowest BCUT2D eigenvalue weighted by Crippen LogP contribution is -1.93. The van der Waals surface area contributed by atoms with Crippen LogP contribution in [0.25, 0.3) is 11.6 Å². The number of hydrogen-bond acceptors (Lipinski definition) is 3. The molecule has 0 heterocycles. The number of nitrogens with zero attached hydrogens (tertiary/aromatic N) is 1. The van der Waals surface area contributed by atoms with Crippen LogP contribution in [0.5, 0.6) is 5.75 Å². The second-order valence-corrected chi connectivity index (χ2v) is 4.37. The monoisotopic (exact) mass is 269 g/mol. The zero-order valence-corrected chi connectivity index (χ0v) is 11.4. The molecule has 0 atom stereocenters. The van der Waals surface area contributed by atoms with Gasteiger partial charge in [0.2, 0.25) is 0 Å². The average molecular weight is 269 g/mol. The highest BCUT2D eigenvalue weighted by Gasteiger charge is 2.13. The summed E-state index contributed by atoms with van der Waals surface area (Å²) in [5.74, 6) is 0.783. The summed E-state index contributed by atoms with van der Waals surface area (Å²) in [5, 5.41) is 11.0. The van der Waals surface area contributed by atoms with Crippen LogP contribution in [-0.2, 0) is 0 Å². The molecule has 0 radical (unpaired) electrons. The van der Waals surface area contributed by atoms with Crippen LogP contribution in [0.3, 0.4) is 0 Å². The molecule has 2 aromatic rings. The van der Waals surface area contributed by atoms with Crippen LogP contribution in [0.2, 0.25) is 0 Å². The van der Waals surface area contributed by atoms with Crippen LogP contribution < -0.4 is 4.74 Å². The van der Waals surface area contributed by atoms with E-state index in [0.29, 0.717) is 5.56 Å². The molecule has 4 nitrogen and oxygen atoms in total. The summed E-state index contributed by atoms with van der Waals surface area (Å²) < 4.78 is 5.10. The fourth-order valence-electron chi connectivity index (χ4n) is 1.99. The lowest BCUT2D eigenvalue weighted by Gasteiger charge is -2.04. The second-order valence-electron chi connectivity index (χ2n) is 4.37. The lowest BCUT2D eigenvalue weighted by atomic mass is 10.0. The molecule has 2 rings (SSSR count). The minimum absolute atomic E-state index is 0.120. The number of ether oxygens (including phenoxy) is 1. The van der Waals surface area contributed by atoms with Crippen molar-refractivity contribution in [2.24, 2.45) is 0 Å².